The summed E-state index contributed by atoms with van der Waals surface area (Å²) < 4.78 is 0. The molecule has 14 heavy (non-hydrogen) atoms. The maximum absolute atomic E-state index is 11.3. The second-order valence-corrected chi connectivity index (χ2v) is 3.87. The van der Waals surface area contributed by atoms with Crippen LogP contribution in [0.2, 0.25) is 0 Å². The van der Waals surface area contributed by atoms with Crippen molar-refractivity contribution in [3.8, 4) is 0 Å². The van der Waals surface area contributed by atoms with Gasteiger partial charge in [0.15, 0.2) is 0 Å². The number of amides is 1. The van der Waals surface area contributed by atoms with E-state index in [0.717, 1.165) is 19.4 Å². The van der Waals surface area contributed by atoms with Gasteiger partial charge < -0.3 is 16.4 Å². The lowest BCUT2D eigenvalue weighted by Gasteiger charge is -2.29. The van der Waals surface area contributed by atoms with Crippen molar-refractivity contribution in [2.75, 3.05) is 6.54 Å². The average molecular weight is 222 g/mol. The monoisotopic (exact) mass is 221 g/mol. The molecule has 0 aliphatic carbocycles. The highest BCUT2D eigenvalue weighted by molar-refractivity contribution is 5.85. The molecule has 1 aliphatic heterocycles. The molecule has 0 radical (unpaired) electrons. The van der Waals surface area contributed by atoms with Crippen LogP contribution in [-0.2, 0) is 4.79 Å². The summed E-state index contributed by atoms with van der Waals surface area (Å²) in [5.74, 6) is -0.0425. The number of hydrogen-bond acceptors (Lipinski definition) is 3. The normalized spacial score (nSPS) is 28.8. The van der Waals surface area contributed by atoms with E-state index in [2.05, 4.69) is 17.6 Å². The minimum Gasteiger partial charge on any atom is -0.352 e. The molecule has 2 unspecified atom stereocenters. The number of nitrogens with one attached hydrogen (secondary N) is 2. The van der Waals surface area contributed by atoms with Gasteiger partial charge in [0.1, 0.15) is 0 Å². The largest absolute Gasteiger partial charge is 0.352 e. The number of piperidine rings is 1. The van der Waals surface area contributed by atoms with Gasteiger partial charge in [0, 0.05) is 12.1 Å². The molecule has 0 aromatic carbocycles. The number of carbonyl (C=O) groups is 1. The van der Waals surface area contributed by atoms with Crippen molar-refractivity contribution in [2.24, 2.45) is 5.73 Å². The Balaban J connectivity index is 0.00000169. The number of halogens is 1. The first-order valence-electron chi connectivity index (χ1n) is 4.89. The van der Waals surface area contributed by atoms with Crippen molar-refractivity contribution < 1.29 is 4.79 Å². The number of carbonyl (C=O) groups excluding carboxylic acids is 1. The van der Waals surface area contributed by atoms with Crippen LogP contribution in [0.5, 0.6) is 0 Å². The second-order valence-electron chi connectivity index (χ2n) is 3.87. The Morgan fingerprint density at radius 3 is 2.79 bits per heavy atom. The molecule has 4 N–H and O–H groups in total. The van der Waals surface area contributed by atoms with Gasteiger partial charge in [-0.05, 0) is 33.2 Å². The third kappa shape index (κ3) is 4.26. The van der Waals surface area contributed by atoms with Gasteiger partial charge in [0.05, 0.1) is 6.04 Å². The van der Waals surface area contributed by atoms with Crippen LogP contribution < -0.4 is 16.4 Å². The van der Waals surface area contributed by atoms with E-state index in [-0.39, 0.29) is 18.3 Å². The molecule has 1 rings (SSSR count). The Morgan fingerprint density at radius 2 is 2.29 bits per heavy atom. The van der Waals surface area contributed by atoms with Gasteiger partial charge in [0.2, 0.25) is 5.91 Å². The van der Waals surface area contributed by atoms with Crippen molar-refractivity contribution in [1.29, 1.82) is 0 Å². The van der Waals surface area contributed by atoms with Crippen LogP contribution in [0.1, 0.15) is 26.7 Å². The summed E-state index contributed by atoms with van der Waals surface area (Å²) in [5, 5.41) is 6.28. The third-order valence-corrected chi connectivity index (χ3v) is 2.38. The molecule has 1 aliphatic rings. The minimum absolute atomic E-state index is 0. The van der Waals surface area contributed by atoms with E-state index >= 15 is 0 Å². The molecule has 4 nitrogen and oxygen atoms in total. The highest BCUT2D eigenvalue weighted by Gasteiger charge is 2.20. The summed E-state index contributed by atoms with van der Waals surface area (Å²) >= 11 is 0. The second kappa shape index (κ2) is 6.22. The molecule has 0 saturated carbocycles. The zero-order valence-electron chi connectivity index (χ0n) is 8.75. The summed E-state index contributed by atoms with van der Waals surface area (Å²) in [6.45, 7) is 4.81. The van der Waals surface area contributed by atoms with Crippen LogP contribution >= 0.6 is 12.4 Å². The third-order valence-electron chi connectivity index (χ3n) is 2.38. The van der Waals surface area contributed by atoms with Crippen LogP contribution in [0.3, 0.4) is 0 Å². The quantitative estimate of drug-likeness (QED) is 0.616. The lowest BCUT2D eigenvalue weighted by Crippen LogP contribution is -2.50. The molecule has 84 valence electrons. The van der Waals surface area contributed by atoms with Gasteiger partial charge in [-0.3, -0.25) is 4.79 Å². The van der Waals surface area contributed by atoms with Crippen molar-refractivity contribution in [3.05, 3.63) is 0 Å². The molecule has 1 amide bonds. The Hall–Kier alpha value is -0.320. The van der Waals surface area contributed by atoms with Gasteiger partial charge >= 0.3 is 0 Å². The summed E-state index contributed by atoms with van der Waals surface area (Å²) in [6, 6.07) is 0.395. The number of rotatable bonds is 2. The summed E-state index contributed by atoms with van der Waals surface area (Å²) in [7, 11) is 0. The van der Waals surface area contributed by atoms with Crippen LogP contribution in [0, 0.1) is 0 Å². The van der Waals surface area contributed by atoms with Crippen LogP contribution in [-0.4, -0.2) is 30.6 Å². The average Bonchev–Trinajstić information content (AvgIpc) is 2.04. The Labute approximate surface area is 91.4 Å². The lowest BCUT2D eigenvalue weighted by atomic mass is 10.0. The van der Waals surface area contributed by atoms with Crippen LogP contribution in [0.25, 0.3) is 0 Å². The molecule has 0 bridgehead atoms. The molecule has 1 saturated heterocycles. The predicted molar refractivity (Wildman–Crippen MR) is 59.5 cm³/mol. The van der Waals surface area contributed by atoms with E-state index in [1.54, 1.807) is 6.92 Å². The number of hydrogen-bond donors (Lipinski definition) is 3. The molecule has 1 heterocycles. The van der Waals surface area contributed by atoms with E-state index in [1.165, 1.54) is 0 Å². The van der Waals surface area contributed by atoms with Crippen LogP contribution in [0.15, 0.2) is 0 Å². The Kier molecular flexibility index (Phi) is 6.08. The van der Waals surface area contributed by atoms with Crippen molar-refractivity contribution in [1.82, 2.24) is 10.6 Å². The maximum Gasteiger partial charge on any atom is 0.236 e. The highest BCUT2D eigenvalue weighted by atomic mass is 35.5. The van der Waals surface area contributed by atoms with Crippen molar-refractivity contribution >= 4 is 18.3 Å². The van der Waals surface area contributed by atoms with Crippen LogP contribution in [0.4, 0.5) is 0 Å². The fraction of sp³-hybridized carbons (Fsp3) is 0.889. The Bertz CT molecular complexity index is 187. The predicted octanol–water partition coefficient (Wildman–Crippen LogP) is 0.0121. The molecule has 1 fully saturated rings. The van der Waals surface area contributed by atoms with E-state index in [9.17, 15) is 4.79 Å². The van der Waals surface area contributed by atoms with Crippen molar-refractivity contribution in [2.45, 2.75) is 44.8 Å². The Morgan fingerprint density at radius 1 is 1.64 bits per heavy atom. The molecular formula is C9H20ClN3O. The first-order chi connectivity index (χ1) is 6.09. The zero-order valence-corrected chi connectivity index (χ0v) is 9.56. The van der Waals surface area contributed by atoms with E-state index in [0.29, 0.717) is 12.1 Å². The first-order valence-corrected chi connectivity index (χ1v) is 4.89. The highest BCUT2D eigenvalue weighted by Crippen LogP contribution is 2.07. The lowest BCUT2D eigenvalue weighted by molar-refractivity contribution is -0.122. The molecular weight excluding hydrogens is 202 g/mol. The standard InChI is InChI=1S/C9H19N3O.ClH/c1-6-5-8(3-4-11-6)12-9(13)7(2)10;/h6-8,11H,3-5,10H2,1-2H3,(H,12,13);1H/t6?,7-,8?;/m1./s1. The minimum atomic E-state index is -0.398. The SMILES string of the molecule is CC1CC(NC(=O)[C@@H](C)N)CCN1.Cl. The molecule has 3 atom stereocenters. The van der Waals surface area contributed by atoms with Gasteiger partial charge in [-0.15, -0.1) is 12.4 Å². The van der Waals surface area contributed by atoms with Gasteiger partial charge in [0.25, 0.3) is 0 Å². The topological polar surface area (TPSA) is 67.2 Å². The summed E-state index contributed by atoms with van der Waals surface area (Å²) in [5.41, 5.74) is 5.46. The summed E-state index contributed by atoms with van der Waals surface area (Å²) in [6.07, 6.45) is 2.00. The smallest absolute Gasteiger partial charge is 0.236 e. The van der Waals surface area contributed by atoms with E-state index in [1.807, 2.05) is 0 Å². The van der Waals surface area contributed by atoms with Gasteiger partial charge in [-0.25, -0.2) is 0 Å². The van der Waals surface area contributed by atoms with Crippen molar-refractivity contribution in [3.63, 3.8) is 0 Å². The molecule has 0 aromatic rings. The molecule has 0 aromatic heterocycles. The van der Waals surface area contributed by atoms with Gasteiger partial charge in [-0.1, -0.05) is 0 Å². The van der Waals surface area contributed by atoms with E-state index in [4.69, 9.17) is 5.73 Å². The summed E-state index contributed by atoms with van der Waals surface area (Å²) in [4.78, 5) is 11.3. The maximum atomic E-state index is 11.3. The van der Waals surface area contributed by atoms with E-state index < -0.39 is 6.04 Å². The fourth-order valence-corrected chi connectivity index (χ4v) is 1.60. The molecule has 0 spiro atoms. The first kappa shape index (κ1) is 13.7. The zero-order chi connectivity index (χ0) is 9.84. The number of nitrogens with two attached hydrogens (primary N) is 1. The van der Waals surface area contributed by atoms with Gasteiger partial charge in [-0.2, -0.15) is 0 Å². The molecule has 5 heteroatoms. The fourth-order valence-electron chi connectivity index (χ4n) is 1.60.